The van der Waals surface area contributed by atoms with E-state index < -0.39 is 11.6 Å². The van der Waals surface area contributed by atoms with Crippen LogP contribution in [0.5, 0.6) is 5.75 Å². The van der Waals surface area contributed by atoms with Crippen LogP contribution >= 0.6 is 11.6 Å². The van der Waals surface area contributed by atoms with Crippen molar-refractivity contribution in [2.45, 2.75) is 12.8 Å². The predicted molar refractivity (Wildman–Crippen MR) is 45.7 cm³/mol. The normalized spacial score (nSPS) is 14.8. The quantitative estimate of drug-likeness (QED) is 0.698. The average molecular weight is 201 g/mol. The van der Waals surface area contributed by atoms with Crippen molar-refractivity contribution in [1.82, 2.24) is 0 Å². The van der Waals surface area contributed by atoms with Crippen LogP contribution in [-0.4, -0.2) is 10.9 Å². The standard InChI is InChI=1S/C9H6ClFO2/c10-5-3-7(13)9(11)8-4(5)1-2-6(8)12/h3,13H,1-2H2. The number of phenolic OH excluding ortho intramolecular Hbond substituents is 1. The molecule has 68 valence electrons. The molecule has 1 aromatic rings. The Labute approximate surface area is 78.9 Å². The van der Waals surface area contributed by atoms with E-state index in [0.29, 0.717) is 12.0 Å². The first-order valence-electron chi connectivity index (χ1n) is 3.84. The van der Waals surface area contributed by atoms with Gasteiger partial charge in [0.1, 0.15) is 0 Å². The van der Waals surface area contributed by atoms with Gasteiger partial charge in [-0.05, 0) is 12.0 Å². The molecule has 13 heavy (non-hydrogen) atoms. The van der Waals surface area contributed by atoms with Crippen LogP contribution in [0.3, 0.4) is 0 Å². The van der Waals surface area contributed by atoms with Gasteiger partial charge in [0.25, 0.3) is 0 Å². The highest BCUT2D eigenvalue weighted by Crippen LogP contribution is 2.35. The van der Waals surface area contributed by atoms with Gasteiger partial charge in [0.15, 0.2) is 17.3 Å². The molecular weight excluding hydrogens is 195 g/mol. The molecule has 1 aromatic carbocycles. The zero-order valence-electron chi connectivity index (χ0n) is 6.60. The summed E-state index contributed by atoms with van der Waals surface area (Å²) in [6, 6.07) is 1.13. The Bertz CT molecular complexity index is 401. The highest BCUT2D eigenvalue weighted by molar-refractivity contribution is 6.32. The largest absolute Gasteiger partial charge is 0.505 e. The number of aromatic hydroxyl groups is 1. The number of ketones is 1. The van der Waals surface area contributed by atoms with Crippen LogP contribution in [0.15, 0.2) is 6.07 Å². The summed E-state index contributed by atoms with van der Waals surface area (Å²) < 4.78 is 13.2. The number of halogens is 2. The number of carbonyl (C=O) groups is 1. The van der Waals surface area contributed by atoms with E-state index in [1.54, 1.807) is 0 Å². The fourth-order valence-corrected chi connectivity index (χ4v) is 1.84. The Balaban J connectivity index is 2.77. The van der Waals surface area contributed by atoms with Crippen molar-refractivity contribution in [3.05, 3.63) is 28.0 Å². The van der Waals surface area contributed by atoms with Gasteiger partial charge < -0.3 is 5.11 Å². The molecule has 0 spiro atoms. The minimum absolute atomic E-state index is 0.0370. The van der Waals surface area contributed by atoms with Gasteiger partial charge in [0.2, 0.25) is 0 Å². The first kappa shape index (κ1) is 8.51. The minimum Gasteiger partial charge on any atom is -0.505 e. The third-order valence-electron chi connectivity index (χ3n) is 2.18. The zero-order valence-corrected chi connectivity index (χ0v) is 7.36. The van der Waals surface area contributed by atoms with Crippen molar-refractivity contribution >= 4 is 17.4 Å². The molecule has 1 N–H and O–H groups in total. The molecule has 1 aliphatic carbocycles. The Morgan fingerprint density at radius 2 is 2.15 bits per heavy atom. The molecule has 0 saturated heterocycles. The second-order valence-electron chi connectivity index (χ2n) is 2.97. The second kappa shape index (κ2) is 2.70. The van der Waals surface area contributed by atoms with Crippen molar-refractivity contribution < 1.29 is 14.3 Å². The number of rotatable bonds is 0. The van der Waals surface area contributed by atoms with E-state index in [1.807, 2.05) is 0 Å². The van der Waals surface area contributed by atoms with E-state index in [-0.39, 0.29) is 22.8 Å². The Hall–Kier alpha value is -1.09. The summed E-state index contributed by atoms with van der Waals surface area (Å²) in [4.78, 5) is 11.2. The molecule has 0 bridgehead atoms. The third kappa shape index (κ3) is 1.11. The van der Waals surface area contributed by atoms with Gasteiger partial charge >= 0.3 is 0 Å². The summed E-state index contributed by atoms with van der Waals surface area (Å²) in [5.41, 5.74) is 0.479. The van der Waals surface area contributed by atoms with Crippen molar-refractivity contribution in [3.8, 4) is 5.75 Å². The van der Waals surface area contributed by atoms with E-state index >= 15 is 0 Å². The third-order valence-corrected chi connectivity index (χ3v) is 2.52. The summed E-state index contributed by atoms with van der Waals surface area (Å²) in [7, 11) is 0. The van der Waals surface area contributed by atoms with Gasteiger partial charge in [0, 0.05) is 17.5 Å². The number of Topliss-reactive ketones (excluding diaryl/α,β-unsaturated/α-hetero) is 1. The maximum absolute atomic E-state index is 13.2. The molecule has 2 rings (SSSR count). The van der Waals surface area contributed by atoms with Gasteiger partial charge in [-0.1, -0.05) is 11.6 Å². The minimum atomic E-state index is -0.845. The number of hydrogen-bond acceptors (Lipinski definition) is 2. The lowest BCUT2D eigenvalue weighted by molar-refractivity contribution is 0.0990. The van der Waals surface area contributed by atoms with Crippen molar-refractivity contribution in [2.75, 3.05) is 0 Å². The molecule has 4 heteroatoms. The number of phenols is 1. The molecule has 0 atom stereocenters. The molecule has 1 aliphatic rings. The van der Waals surface area contributed by atoms with Gasteiger partial charge in [-0.15, -0.1) is 0 Å². The molecule has 2 nitrogen and oxygen atoms in total. The lowest BCUT2D eigenvalue weighted by Gasteiger charge is -2.03. The van der Waals surface area contributed by atoms with Crippen LogP contribution < -0.4 is 0 Å². The second-order valence-corrected chi connectivity index (χ2v) is 3.38. The molecule has 0 aliphatic heterocycles. The number of benzene rings is 1. The van der Waals surface area contributed by atoms with Crippen LogP contribution in [0, 0.1) is 5.82 Å². The summed E-state index contributed by atoms with van der Waals surface area (Å²) in [5.74, 6) is -1.69. The van der Waals surface area contributed by atoms with Crippen LogP contribution in [0.1, 0.15) is 22.3 Å². The fourth-order valence-electron chi connectivity index (χ4n) is 1.55. The number of carbonyl (C=O) groups excluding carboxylic acids is 1. The smallest absolute Gasteiger partial charge is 0.175 e. The van der Waals surface area contributed by atoms with Crippen LogP contribution in [0.2, 0.25) is 5.02 Å². The average Bonchev–Trinajstić information content (AvgIpc) is 2.44. The Morgan fingerprint density at radius 1 is 1.46 bits per heavy atom. The van der Waals surface area contributed by atoms with E-state index in [0.717, 1.165) is 6.07 Å². The van der Waals surface area contributed by atoms with Crippen LogP contribution in [0.25, 0.3) is 0 Å². The molecule has 0 amide bonds. The van der Waals surface area contributed by atoms with Crippen molar-refractivity contribution in [2.24, 2.45) is 0 Å². The van der Waals surface area contributed by atoms with Crippen LogP contribution in [-0.2, 0) is 6.42 Å². The summed E-state index contributed by atoms with van der Waals surface area (Å²) >= 11 is 5.73. The summed E-state index contributed by atoms with van der Waals surface area (Å²) in [5, 5.41) is 9.33. The molecular formula is C9H6ClFO2. The monoisotopic (exact) mass is 200 g/mol. The zero-order chi connectivity index (χ0) is 9.59. The van der Waals surface area contributed by atoms with Crippen LogP contribution in [0.4, 0.5) is 4.39 Å². The van der Waals surface area contributed by atoms with Gasteiger partial charge in [-0.2, -0.15) is 0 Å². The first-order valence-corrected chi connectivity index (χ1v) is 4.22. The highest BCUT2D eigenvalue weighted by atomic mass is 35.5. The summed E-state index contributed by atoms with van der Waals surface area (Å²) in [6.07, 6.45) is 0.736. The molecule has 0 unspecified atom stereocenters. The summed E-state index contributed by atoms with van der Waals surface area (Å²) in [6.45, 7) is 0. The Kier molecular flexibility index (Phi) is 1.77. The van der Waals surface area contributed by atoms with E-state index in [1.165, 1.54) is 0 Å². The lowest BCUT2D eigenvalue weighted by Crippen LogP contribution is -1.97. The topological polar surface area (TPSA) is 37.3 Å². The number of hydrogen-bond donors (Lipinski definition) is 1. The number of fused-ring (bicyclic) bond motifs is 1. The highest BCUT2D eigenvalue weighted by Gasteiger charge is 2.27. The molecule has 0 radical (unpaired) electrons. The first-order chi connectivity index (χ1) is 6.11. The lowest BCUT2D eigenvalue weighted by atomic mass is 10.1. The molecule has 0 saturated carbocycles. The Morgan fingerprint density at radius 3 is 2.85 bits per heavy atom. The van der Waals surface area contributed by atoms with Gasteiger partial charge in [0.05, 0.1) is 5.56 Å². The van der Waals surface area contributed by atoms with Crippen molar-refractivity contribution in [1.29, 1.82) is 0 Å². The van der Waals surface area contributed by atoms with Gasteiger partial charge in [-0.25, -0.2) is 4.39 Å². The van der Waals surface area contributed by atoms with E-state index in [4.69, 9.17) is 16.7 Å². The predicted octanol–water partition coefficient (Wildman–Crippen LogP) is 2.31. The maximum atomic E-state index is 13.2. The molecule has 0 fully saturated rings. The molecule has 0 heterocycles. The SMILES string of the molecule is O=C1CCc2c(Cl)cc(O)c(F)c21. The van der Waals surface area contributed by atoms with Crippen molar-refractivity contribution in [3.63, 3.8) is 0 Å². The van der Waals surface area contributed by atoms with E-state index in [2.05, 4.69) is 0 Å². The maximum Gasteiger partial charge on any atom is 0.175 e. The van der Waals surface area contributed by atoms with E-state index in [9.17, 15) is 9.18 Å². The fraction of sp³-hybridized carbons (Fsp3) is 0.222. The molecule has 0 aromatic heterocycles. The van der Waals surface area contributed by atoms with Gasteiger partial charge in [-0.3, -0.25) is 4.79 Å².